The van der Waals surface area contributed by atoms with Crippen LogP contribution in [0.5, 0.6) is 0 Å². The SMILES string of the molecule is Clc1cc(Cl)c(NC2CCN3CCCC23)c2c1N=S=N2. The summed E-state index contributed by atoms with van der Waals surface area (Å²) in [5, 5.41) is 4.81. The number of fused-ring (bicyclic) bond motifs is 2. The Bertz CT molecular complexity index is 642. The van der Waals surface area contributed by atoms with Gasteiger partial charge >= 0.3 is 0 Å². The van der Waals surface area contributed by atoms with Crippen LogP contribution in [0.15, 0.2) is 14.8 Å². The number of hydrogen-bond acceptors (Lipinski definition) is 4. The lowest BCUT2D eigenvalue weighted by molar-refractivity contribution is 0.318. The number of nitrogens with zero attached hydrogens (tertiary/aromatic N) is 3. The lowest BCUT2D eigenvalue weighted by atomic mass is 10.1. The van der Waals surface area contributed by atoms with Crippen molar-refractivity contribution < 1.29 is 0 Å². The summed E-state index contributed by atoms with van der Waals surface area (Å²) in [5.41, 5.74) is 2.42. The predicted octanol–water partition coefficient (Wildman–Crippen LogP) is 4.37. The van der Waals surface area contributed by atoms with Crippen LogP contribution in [-0.4, -0.2) is 30.1 Å². The molecule has 0 aromatic heterocycles. The van der Waals surface area contributed by atoms with Gasteiger partial charge in [0.05, 0.1) is 27.1 Å². The molecule has 0 bridgehead atoms. The van der Waals surface area contributed by atoms with Crippen molar-refractivity contribution in [2.75, 3.05) is 18.4 Å². The second-order valence-electron chi connectivity index (χ2n) is 5.46. The largest absolute Gasteiger partial charge is 0.378 e. The van der Waals surface area contributed by atoms with E-state index >= 15 is 0 Å². The van der Waals surface area contributed by atoms with Crippen molar-refractivity contribution in [1.29, 1.82) is 0 Å². The summed E-state index contributed by atoms with van der Waals surface area (Å²) in [5.74, 6) is 0. The highest BCUT2D eigenvalue weighted by Crippen LogP contribution is 2.48. The minimum Gasteiger partial charge on any atom is -0.378 e. The van der Waals surface area contributed by atoms with E-state index in [1.165, 1.54) is 37.3 Å². The summed E-state index contributed by atoms with van der Waals surface area (Å²) in [6.07, 6.45) is 3.72. The van der Waals surface area contributed by atoms with Crippen molar-refractivity contribution in [2.24, 2.45) is 8.73 Å². The second-order valence-corrected chi connectivity index (χ2v) is 6.80. The van der Waals surface area contributed by atoms with Gasteiger partial charge in [-0.05, 0) is 31.9 Å². The number of halogens is 2. The van der Waals surface area contributed by atoms with Gasteiger partial charge in [-0.1, -0.05) is 23.2 Å². The summed E-state index contributed by atoms with van der Waals surface area (Å²) in [6, 6.07) is 2.83. The van der Waals surface area contributed by atoms with Gasteiger partial charge in [-0.2, -0.15) is 8.73 Å². The fourth-order valence-electron chi connectivity index (χ4n) is 3.45. The molecule has 1 aromatic carbocycles. The van der Waals surface area contributed by atoms with Crippen LogP contribution in [0.2, 0.25) is 10.0 Å². The molecule has 0 spiro atoms. The van der Waals surface area contributed by atoms with E-state index in [1.54, 1.807) is 6.07 Å². The summed E-state index contributed by atoms with van der Waals surface area (Å²) in [4.78, 5) is 2.57. The molecular weight excluding hydrogens is 315 g/mol. The first kappa shape index (κ1) is 13.1. The molecule has 2 unspecified atom stereocenters. The van der Waals surface area contributed by atoms with E-state index in [0.717, 1.165) is 23.5 Å². The van der Waals surface area contributed by atoms with Gasteiger partial charge in [-0.25, -0.2) is 0 Å². The van der Waals surface area contributed by atoms with Crippen molar-refractivity contribution in [3.8, 4) is 0 Å². The average molecular weight is 329 g/mol. The van der Waals surface area contributed by atoms with Crippen molar-refractivity contribution in [3.63, 3.8) is 0 Å². The Morgan fingerprint density at radius 3 is 2.90 bits per heavy atom. The molecule has 3 aliphatic rings. The van der Waals surface area contributed by atoms with Crippen molar-refractivity contribution in [1.82, 2.24) is 4.90 Å². The molecule has 3 aliphatic heterocycles. The topological polar surface area (TPSA) is 40.0 Å². The smallest absolute Gasteiger partial charge is 0.130 e. The highest BCUT2D eigenvalue weighted by molar-refractivity contribution is 7.58. The maximum atomic E-state index is 6.36. The van der Waals surface area contributed by atoms with E-state index in [9.17, 15) is 0 Å². The summed E-state index contributed by atoms with van der Waals surface area (Å²) in [6.45, 7) is 2.40. The fourth-order valence-corrected chi connectivity index (χ4v) is 4.61. The predicted molar refractivity (Wildman–Crippen MR) is 84.6 cm³/mol. The third-order valence-electron chi connectivity index (χ3n) is 4.38. The van der Waals surface area contributed by atoms with Gasteiger partial charge in [-0.15, -0.1) is 0 Å². The van der Waals surface area contributed by atoms with Gasteiger partial charge < -0.3 is 5.32 Å². The normalized spacial score (nSPS) is 27.5. The van der Waals surface area contributed by atoms with Gasteiger partial charge in [0.2, 0.25) is 0 Å². The first-order valence-corrected chi connectivity index (χ1v) is 8.33. The van der Waals surface area contributed by atoms with Gasteiger partial charge in [0.25, 0.3) is 0 Å². The zero-order chi connectivity index (χ0) is 13.7. The Hall–Kier alpha value is -0.620. The number of anilines is 1. The van der Waals surface area contributed by atoms with Gasteiger partial charge in [0.1, 0.15) is 11.4 Å². The molecule has 0 saturated carbocycles. The first-order chi connectivity index (χ1) is 9.74. The Morgan fingerprint density at radius 1 is 1.15 bits per heavy atom. The first-order valence-electron chi connectivity index (χ1n) is 6.85. The van der Waals surface area contributed by atoms with E-state index < -0.39 is 0 Å². The summed E-state index contributed by atoms with van der Waals surface area (Å²) >= 11 is 13.7. The molecule has 4 nitrogen and oxygen atoms in total. The Labute approximate surface area is 131 Å². The second kappa shape index (κ2) is 4.98. The summed E-state index contributed by atoms with van der Waals surface area (Å²) < 4.78 is 8.60. The minimum absolute atomic E-state index is 0.445. The van der Waals surface area contributed by atoms with Crippen LogP contribution in [0.3, 0.4) is 0 Å². The number of hydrogen-bond donors (Lipinski definition) is 1. The maximum absolute atomic E-state index is 6.36. The number of benzene rings is 1. The Kier molecular flexibility index (Phi) is 3.26. The lowest BCUT2D eigenvalue weighted by Crippen LogP contribution is -2.33. The molecule has 20 heavy (non-hydrogen) atoms. The third-order valence-corrected chi connectivity index (χ3v) is 5.49. The van der Waals surface area contributed by atoms with Crippen LogP contribution in [0, 0.1) is 0 Å². The maximum Gasteiger partial charge on any atom is 0.130 e. The van der Waals surface area contributed by atoms with E-state index in [1.807, 2.05) is 0 Å². The van der Waals surface area contributed by atoms with Crippen molar-refractivity contribution in [2.45, 2.75) is 31.3 Å². The molecule has 1 N–H and O–H groups in total. The Morgan fingerprint density at radius 2 is 2.00 bits per heavy atom. The lowest BCUT2D eigenvalue weighted by Gasteiger charge is -2.23. The zero-order valence-electron chi connectivity index (χ0n) is 10.8. The summed E-state index contributed by atoms with van der Waals surface area (Å²) in [7, 11) is 0. The van der Waals surface area contributed by atoms with Crippen molar-refractivity contribution >= 4 is 51.6 Å². The van der Waals surface area contributed by atoms with E-state index in [0.29, 0.717) is 22.1 Å². The monoisotopic (exact) mass is 328 g/mol. The molecule has 2 saturated heterocycles. The van der Waals surface area contributed by atoms with E-state index in [4.69, 9.17) is 23.2 Å². The molecule has 4 rings (SSSR count). The van der Waals surface area contributed by atoms with Crippen LogP contribution in [0.4, 0.5) is 17.1 Å². The van der Waals surface area contributed by atoms with Gasteiger partial charge in [-0.3, -0.25) is 4.90 Å². The molecule has 2 fully saturated rings. The molecule has 0 radical (unpaired) electrons. The number of rotatable bonds is 2. The van der Waals surface area contributed by atoms with E-state index in [-0.39, 0.29) is 0 Å². The van der Waals surface area contributed by atoms with Crippen LogP contribution < -0.4 is 5.32 Å². The highest BCUT2D eigenvalue weighted by atomic mass is 35.5. The number of nitrogens with one attached hydrogen (secondary N) is 1. The van der Waals surface area contributed by atoms with Gasteiger partial charge in [0.15, 0.2) is 0 Å². The van der Waals surface area contributed by atoms with Crippen LogP contribution in [0.25, 0.3) is 0 Å². The third kappa shape index (κ3) is 1.99. The molecule has 2 atom stereocenters. The molecule has 0 amide bonds. The Balaban J connectivity index is 1.67. The molecular formula is C13H14Cl2N4S. The minimum atomic E-state index is 0.445. The molecule has 7 heteroatoms. The van der Waals surface area contributed by atoms with Crippen LogP contribution in [-0.2, 0) is 11.4 Å². The van der Waals surface area contributed by atoms with E-state index in [2.05, 4.69) is 18.9 Å². The van der Waals surface area contributed by atoms with Crippen molar-refractivity contribution in [3.05, 3.63) is 16.1 Å². The quantitative estimate of drug-likeness (QED) is 0.889. The van der Waals surface area contributed by atoms with Crippen LogP contribution >= 0.6 is 23.2 Å². The molecule has 1 aromatic rings. The average Bonchev–Trinajstić information content (AvgIpc) is 3.11. The highest BCUT2D eigenvalue weighted by Gasteiger charge is 2.37. The van der Waals surface area contributed by atoms with Gasteiger partial charge in [0, 0.05) is 18.6 Å². The molecule has 106 valence electrons. The fraction of sp³-hybridized carbons (Fsp3) is 0.538. The zero-order valence-corrected chi connectivity index (χ0v) is 13.1. The molecule has 0 aliphatic carbocycles. The standard InChI is InChI=1S/C13H14Cl2N4S/c14-7-6-8(15)12-13(18-20-17-12)11(7)16-9-3-5-19-4-1-2-10(9)19/h6,9-10,16H,1-5H2. The van der Waals surface area contributed by atoms with Crippen LogP contribution in [0.1, 0.15) is 19.3 Å². The molecule has 3 heterocycles.